The summed E-state index contributed by atoms with van der Waals surface area (Å²) in [7, 11) is 0. The molecule has 2 rings (SSSR count). The van der Waals surface area contributed by atoms with Crippen LogP contribution in [0.1, 0.15) is 30.4 Å². The van der Waals surface area contributed by atoms with Crippen LogP contribution < -0.4 is 15.8 Å². The lowest BCUT2D eigenvalue weighted by Crippen LogP contribution is -2.06. The van der Waals surface area contributed by atoms with Gasteiger partial charge in [-0.1, -0.05) is 12.1 Å². The molecule has 0 saturated heterocycles. The number of hydrogen-bond donors (Lipinski definition) is 2. The summed E-state index contributed by atoms with van der Waals surface area (Å²) < 4.78 is 10.6. The van der Waals surface area contributed by atoms with Crippen molar-refractivity contribution >= 4 is 11.5 Å². The summed E-state index contributed by atoms with van der Waals surface area (Å²) in [5, 5.41) is 7.15. The molecule has 2 heterocycles. The molecule has 6 heteroatoms. The number of aryl methyl sites for hydroxylation is 2. The molecule has 2 aromatic heterocycles. The van der Waals surface area contributed by atoms with Crippen LogP contribution in [0.15, 0.2) is 16.7 Å². The van der Waals surface area contributed by atoms with E-state index < -0.39 is 0 Å². The van der Waals surface area contributed by atoms with E-state index in [0.29, 0.717) is 30.5 Å². The molecular weight excluding hydrogens is 256 g/mol. The second-order valence-electron chi connectivity index (χ2n) is 4.60. The molecular formula is C14H20N4O2. The Kier molecular flexibility index (Phi) is 4.45. The number of pyridine rings is 1. The highest BCUT2D eigenvalue weighted by Gasteiger charge is 2.09. The summed E-state index contributed by atoms with van der Waals surface area (Å²) in [6, 6.07) is 3.61. The Balaban J connectivity index is 2.06. The fourth-order valence-electron chi connectivity index (χ4n) is 1.80. The van der Waals surface area contributed by atoms with Crippen molar-refractivity contribution in [3.63, 3.8) is 0 Å². The minimum absolute atomic E-state index is 0.468. The zero-order chi connectivity index (χ0) is 14.5. The SMILES string of the molecule is CCCOc1nc(NCc2c(C)noc2C)ccc1N. The van der Waals surface area contributed by atoms with Crippen molar-refractivity contribution in [2.45, 2.75) is 33.7 Å². The normalized spacial score (nSPS) is 10.6. The van der Waals surface area contributed by atoms with Crippen molar-refractivity contribution in [2.24, 2.45) is 0 Å². The van der Waals surface area contributed by atoms with E-state index in [-0.39, 0.29) is 0 Å². The van der Waals surface area contributed by atoms with E-state index in [1.54, 1.807) is 6.07 Å². The first-order chi connectivity index (χ1) is 9.61. The smallest absolute Gasteiger partial charge is 0.239 e. The summed E-state index contributed by atoms with van der Waals surface area (Å²) in [5.41, 5.74) is 8.30. The van der Waals surface area contributed by atoms with Gasteiger partial charge < -0.3 is 20.3 Å². The van der Waals surface area contributed by atoms with Gasteiger partial charge in [-0.15, -0.1) is 0 Å². The van der Waals surface area contributed by atoms with E-state index in [1.165, 1.54) is 0 Å². The van der Waals surface area contributed by atoms with Gasteiger partial charge >= 0.3 is 0 Å². The molecule has 108 valence electrons. The standard InChI is InChI=1S/C14H20N4O2/c1-4-7-19-14-12(15)5-6-13(17-14)16-8-11-9(2)18-20-10(11)3/h5-6H,4,7-8,15H2,1-3H3,(H,16,17). The van der Waals surface area contributed by atoms with Gasteiger partial charge in [-0.05, 0) is 32.4 Å². The summed E-state index contributed by atoms with van der Waals surface area (Å²) >= 11 is 0. The Bertz CT molecular complexity index is 561. The van der Waals surface area contributed by atoms with E-state index in [4.69, 9.17) is 15.0 Å². The van der Waals surface area contributed by atoms with Gasteiger partial charge in [-0.2, -0.15) is 4.98 Å². The quantitative estimate of drug-likeness (QED) is 0.843. The van der Waals surface area contributed by atoms with Gasteiger partial charge in [-0.3, -0.25) is 0 Å². The number of nitrogens with one attached hydrogen (secondary N) is 1. The third-order valence-corrected chi connectivity index (χ3v) is 2.96. The maximum Gasteiger partial charge on any atom is 0.239 e. The molecule has 0 fully saturated rings. The average molecular weight is 276 g/mol. The fourth-order valence-corrected chi connectivity index (χ4v) is 1.80. The van der Waals surface area contributed by atoms with Crippen LogP contribution in [0, 0.1) is 13.8 Å². The Morgan fingerprint density at radius 3 is 2.80 bits per heavy atom. The maximum atomic E-state index is 5.83. The van der Waals surface area contributed by atoms with Crippen molar-refractivity contribution in [1.82, 2.24) is 10.1 Å². The van der Waals surface area contributed by atoms with Crippen LogP contribution in [0.4, 0.5) is 11.5 Å². The molecule has 0 saturated carbocycles. The minimum atomic E-state index is 0.468. The molecule has 0 unspecified atom stereocenters. The van der Waals surface area contributed by atoms with Crippen LogP contribution in [-0.2, 0) is 6.54 Å². The topological polar surface area (TPSA) is 86.2 Å². The van der Waals surface area contributed by atoms with Crippen LogP contribution in [0.3, 0.4) is 0 Å². The molecule has 0 bridgehead atoms. The van der Waals surface area contributed by atoms with Gasteiger partial charge in [0.05, 0.1) is 18.0 Å². The summed E-state index contributed by atoms with van der Waals surface area (Å²) in [6.45, 7) is 7.05. The molecule has 0 spiro atoms. The van der Waals surface area contributed by atoms with Gasteiger partial charge in [0.1, 0.15) is 11.6 Å². The fraction of sp³-hybridized carbons (Fsp3) is 0.429. The third-order valence-electron chi connectivity index (χ3n) is 2.96. The largest absolute Gasteiger partial charge is 0.476 e. The number of anilines is 2. The third kappa shape index (κ3) is 3.20. The molecule has 3 N–H and O–H groups in total. The van der Waals surface area contributed by atoms with Crippen LogP contribution in [-0.4, -0.2) is 16.7 Å². The van der Waals surface area contributed by atoms with E-state index in [9.17, 15) is 0 Å². The van der Waals surface area contributed by atoms with Crippen LogP contribution in [0.25, 0.3) is 0 Å². The van der Waals surface area contributed by atoms with Crippen molar-refractivity contribution in [3.05, 3.63) is 29.2 Å². The summed E-state index contributed by atoms with van der Waals surface area (Å²) in [6.07, 6.45) is 0.915. The number of nitrogens with two attached hydrogens (primary N) is 1. The zero-order valence-electron chi connectivity index (χ0n) is 12.1. The molecule has 0 aliphatic rings. The van der Waals surface area contributed by atoms with Crippen LogP contribution in [0.2, 0.25) is 0 Å². The molecule has 0 aromatic carbocycles. The van der Waals surface area contributed by atoms with Gasteiger partial charge in [0, 0.05) is 12.1 Å². The van der Waals surface area contributed by atoms with Gasteiger partial charge in [0.2, 0.25) is 5.88 Å². The first kappa shape index (κ1) is 14.2. The molecule has 20 heavy (non-hydrogen) atoms. The summed E-state index contributed by atoms with van der Waals surface area (Å²) in [4.78, 5) is 4.36. The number of aromatic nitrogens is 2. The minimum Gasteiger partial charge on any atom is -0.476 e. The second-order valence-corrected chi connectivity index (χ2v) is 4.60. The van der Waals surface area contributed by atoms with Crippen molar-refractivity contribution in [2.75, 3.05) is 17.7 Å². The number of rotatable bonds is 6. The van der Waals surface area contributed by atoms with Crippen LogP contribution in [0.5, 0.6) is 5.88 Å². The van der Waals surface area contributed by atoms with E-state index in [1.807, 2.05) is 26.8 Å². The molecule has 2 aromatic rings. The number of nitrogens with zero attached hydrogens (tertiary/aromatic N) is 2. The number of ether oxygens (including phenoxy) is 1. The van der Waals surface area contributed by atoms with Gasteiger partial charge in [0.25, 0.3) is 0 Å². The monoisotopic (exact) mass is 276 g/mol. The Hall–Kier alpha value is -2.24. The Morgan fingerprint density at radius 2 is 2.15 bits per heavy atom. The highest BCUT2D eigenvalue weighted by atomic mass is 16.5. The molecule has 0 atom stereocenters. The Labute approximate surface area is 118 Å². The first-order valence-corrected chi connectivity index (χ1v) is 6.66. The lowest BCUT2D eigenvalue weighted by molar-refractivity contribution is 0.307. The maximum absolute atomic E-state index is 5.83. The lowest BCUT2D eigenvalue weighted by atomic mass is 10.2. The molecule has 0 aliphatic heterocycles. The predicted octanol–water partition coefficient (Wildman–Crippen LogP) is 2.67. The highest BCUT2D eigenvalue weighted by molar-refractivity contribution is 5.53. The molecule has 6 nitrogen and oxygen atoms in total. The number of hydrogen-bond acceptors (Lipinski definition) is 6. The zero-order valence-corrected chi connectivity index (χ0v) is 12.1. The van der Waals surface area contributed by atoms with E-state index in [0.717, 1.165) is 23.4 Å². The molecule has 0 amide bonds. The molecule has 0 aliphatic carbocycles. The van der Waals surface area contributed by atoms with E-state index >= 15 is 0 Å². The second kappa shape index (κ2) is 6.27. The van der Waals surface area contributed by atoms with Crippen LogP contribution >= 0.6 is 0 Å². The van der Waals surface area contributed by atoms with Crippen molar-refractivity contribution in [1.29, 1.82) is 0 Å². The Morgan fingerprint density at radius 1 is 1.35 bits per heavy atom. The predicted molar refractivity (Wildman–Crippen MR) is 77.7 cm³/mol. The summed E-state index contributed by atoms with van der Waals surface area (Å²) in [5.74, 6) is 1.99. The van der Waals surface area contributed by atoms with Gasteiger partial charge in [-0.25, -0.2) is 0 Å². The number of nitrogen functional groups attached to an aromatic ring is 1. The van der Waals surface area contributed by atoms with Crippen molar-refractivity contribution < 1.29 is 9.26 Å². The van der Waals surface area contributed by atoms with Gasteiger partial charge in [0.15, 0.2) is 0 Å². The van der Waals surface area contributed by atoms with E-state index in [2.05, 4.69) is 15.5 Å². The highest BCUT2D eigenvalue weighted by Crippen LogP contribution is 2.22. The first-order valence-electron chi connectivity index (χ1n) is 6.66. The van der Waals surface area contributed by atoms with Crippen molar-refractivity contribution in [3.8, 4) is 5.88 Å². The average Bonchev–Trinajstić information content (AvgIpc) is 2.76. The lowest BCUT2D eigenvalue weighted by Gasteiger charge is -2.10. The molecule has 0 radical (unpaired) electrons.